The fourth-order valence-electron chi connectivity index (χ4n) is 3.95. The van der Waals surface area contributed by atoms with Crippen LogP contribution >= 0.6 is 12.2 Å². The number of halogens is 1. The van der Waals surface area contributed by atoms with E-state index in [4.69, 9.17) is 26.8 Å². The van der Waals surface area contributed by atoms with Crippen molar-refractivity contribution >= 4 is 23.9 Å². The standard InChI is InChI=1S/C25H21FN4O3S/c1-32-24(31)22-15-28(20-9-5-6-10-21(20)33-22)16-29-25(34)30(19-13-11-18(26)12-14-19)23(27-29)17-7-3-2-4-8-17/h2-14,22H,15-16H2,1H3/t22-/m1/s1. The van der Waals surface area contributed by atoms with Gasteiger partial charge in [-0.25, -0.2) is 13.9 Å². The van der Waals surface area contributed by atoms with Gasteiger partial charge in [-0.3, -0.25) is 4.57 Å². The van der Waals surface area contributed by atoms with Crippen molar-refractivity contribution < 1.29 is 18.7 Å². The summed E-state index contributed by atoms with van der Waals surface area (Å²) in [4.78, 5) is 14.2. The Morgan fingerprint density at radius 3 is 2.53 bits per heavy atom. The summed E-state index contributed by atoms with van der Waals surface area (Å²) in [6, 6.07) is 23.2. The Balaban J connectivity index is 1.59. The molecule has 0 amide bonds. The number of fused-ring (bicyclic) bond motifs is 1. The van der Waals surface area contributed by atoms with E-state index in [1.165, 1.54) is 19.2 Å². The van der Waals surface area contributed by atoms with Crippen molar-refractivity contribution in [3.8, 4) is 22.8 Å². The number of rotatable bonds is 5. The third-order valence-corrected chi connectivity index (χ3v) is 5.98. The SMILES string of the molecule is COC(=O)[C@H]1CN(Cn2nc(-c3ccccc3)n(-c3ccc(F)cc3)c2=S)c2ccccc2O1. The van der Waals surface area contributed by atoms with Gasteiger partial charge < -0.3 is 14.4 Å². The van der Waals surface area contributed by atoms with Crippen LogP contribution in [0.5, 0.6) is 5.75 Å². The van der Waals surface area contributed by atoms with Gasteiger partial charge in [-0.2, -0.15) is 0 Å². The van der Waals surface area contributed by atoms with Gasteiger partial charge in [0.25, 0.3) is 0 Å². The molecular weight excluding hydrogens is 455 g/mol. The molecule has 7 nitrogen and oxygen atoms in total. The molecule has 1 aliphatic rings. The average Bonchev–Trinajstić information content (AvgIpc) is 3.20. The maximum absolute atomic E-state index is 13.6. The summed E-state index contributed by atoms with van der Waals surface area (Å²) < 4.78 is 28.3. The van der Waals surface area contributed by atoms with Gasteiger partial charge in [0, 0.05) is 5.56 Å². The van der Waals surface area contributed by atoms with Crippen molar-refractivity contribution in [1.82, 2.24) is 14.3 Å². The summed E-state index contributed by atoms with van der Waals surface area (Å²) in [5.74, 6) is 0.424. The first-order chi connectivity index (χ1) is 16.5. The van der Waals surface area contributed by atoms with Gasteiger partial charge in [-0.05, 0) is 48.6 Å². The van der Waals surface area contributed by atoms with E-state index in [0.29, 0.717) is 22.0 Å². The molecule has 0 saturated carbocycles. The van der Waals surface area contributed by atoms with Crippen LogP contribution in [0.25, 0.3) is 17.1 Å². The number of anilines is 1. The van der Waals surface area contributed by atoms with Gasteiger partial charge in [0.2, 0.25) is 10.9 Å². The minimum atomic E-state index is -0.776. The molecule has 5 rings (SSSR count). The second-order valence-electron chi connectivity index (χ2n) is 7.74. The zero-order chi connectivity index (χ0) is 23.7. The van der Waals surface area contributed by atoms with E-state index >= 15 is 0 Å². The Kier molecular flexibility index (Phi) is 5.85. The zero-order valence-corrected chi connectivity index (χ0v) is 19.1. The van der Waals surface area contributed by atoms with Crippen molar-refractivity contribution in [2.24, 2.45) is 0 Å². The van der Waals surface area contributed by atoms with Crippen LogP contribution in [-0.4, -0.2) is 40.1 Å². The number of esters is 1. The number of benzene rings is 3. The molecule has 3 aromatic carbocycles. The molecule has 172 valence electrons. The fraction of sp³-hybridized carbons (Fsp3) is 0.160. The first-order valence-corrected chi connectivity index (χ1v) is 11.1. The van der Waals surface area contributed by atoms with Crippen LogP contribution in [0.3, 0.4) is 0 Å². The number of nitrogens with zero attached hydrogens (tertiary/aromatic N) is 4. The van der Waals surface area contributed by atoms with Crippen LogP contribution in [0.4, 0.5) is 10.1 Å². The molecule has 4 aromatic rings. The number of hydrogen-bond acceptors (Lipinski definition) is 6. The number of methoxy groups -OCH3 is 1. The molecule has 0 saturated heterocycles. The molecule has 9 heteroatoms. The number of carbonyl (C=O) groups excluding carboxylic acids is 1. The Hall–Kier alpha value is -3.98. The number of carbonyl (C=O) groups is 1. The molecule has 0 radical (unpaired) electrons. The van der Waals surface area contributed by atoms with Crippen molar-refractivity contribution in [3.05, 3.63) is 89.5 Å². The molecule has 1 aliphatic heterocycles. The van der Waals surface area contributed by atoms with E-state index in [1.807, 2.05) is 64.1 Å². The molecule has 0 aliphatic carbocycles. The lowest BCUT2D eigenvalue weighted by Gasteiger charge is -2.34. The van der Waals surface area contributed by atoms with Crippen LogP contribution in [0.15, 0.2) is 78.9 Å². The Morgan fingerprint density at radius 2 is 1.79 bits per heavy atom. The topological polar surface area (TPSA) is 61.5 Å². The van der Waals surface area contributed by atoms with Gasteiger partial charge in [0.05, 0.1) is 25.0 Å². The minimum Gasteiger partial charge on any atom is -0.475 e. The summed E-state index contributed by atoms with van der Waals surface area (Å²) >= 11 is 5.82. The van der Waals surface area contributed by atoms with Crippen LogP contribution in [-0.2, 0) is 16.2 Å². The molecule has 34 heavy (non-hydrogen) atoms. The van der Waals surface area contributed by atoms with Crippen molar-refractivity contribution in [3.63, 3.8) is 0 Å². The number of para-hydroxylation sites is 2. The van der Waals surface area contributed by atoms with E-state index in [9.17, 15) is 9.18 Å². The first-order valence-electron chi connectivity index (χ1n) is 10.6. The molecular formula is C25H21FN4O3S. The number of aromatic nitrogens is 3. The van der Waals surface area contributed by atoms with E-state index < -0.39 is 12.1 Å². The highest BCUT2D eigenvalue weighted by molar-refractivity contribution is 7.71. The lowest BCUT2D eigenvalue weighted by molar-refractivity contribution is -0.148. The summed E-state index contributed by atoms with van der Waals surface area (Å²) in [7, 11) is 1.34. The molecule has 0 spiro atoms. The first kappa shape index (κ1) is 21.8. The summed E-state index contributed by atoms with van der Waals surface area (Å²) in [6.07, 6.45) is -0.776. The zero-order valence-electron chi connectivity index (χ0n) is 18.3. The van der Waals surface area contributed by atoms with Gasteiger partial charge in [0.15, 0.2) is 5.82 Å². The Morgan fingerprint density at radius 1 is 1.09 bits per heavy atom. The number of hydrogen-bond donors (Lipinski definition) is 0. The molecule has 0 fully saturated rings. The molecule has 2 heterocycles. The fourth-order valence-corrected chi connectivity index (χ4v) is 4.24. The van der Waals surface area contributed by atoms with Gasteiger partial charge >= 0.3 is 5.97 Å². The van der Waals surface area contributed by atoms with Gasteiger partial charge in [0.1, 0.15) is 18.2 Å². The minimum absolute atomic E-state index is 0.273. The molecule has 0 N–H and O–H groups in total. The van der Waals surface area contributed by atoms with Crippen molar-refractivity contribution in [2.45, 2.75) is 12.8 Å². The summed E-state index contributed by atoms with van der Waals surface area (Å²) in [6.45, 7) is 0.552. The highest BCUT2D eigenvalue weighted by Crippen LogP contribution is 2.34. The second-order valence-corrected chi connectivity index (χ2v) is 8.11. The Labute approximate surface area is 200 Å². The molecule has 1 aromatic heterocycles. The summed E-state index contributed by atoms with van der Waals surface area (Å²) in [5, 5.41) is 4.82. The smallest absolute Gasteiger partial charge is 0.348 e. The van der Waals surface area contributed by atoms with Crippen molar-refractivity contribution in [1.29, 1.82) is 0 Å². The third-order valence-electron chi connectivity index (χ3n) is 5.59. The molecule has 0 bridgehead atoms. The van der Waals surface area contributed by atoms with Crippen LogP contribution in [0.1, 0.15) is 0 Å². The third kappa shape index (κ3) is 4.06. The highest BCUT2D eigenvalue weighted by atomic mass is 32.1. The summed E-state index contributed by atoms with van der Waals surface area (Å²) in [5.41, 5.74) is 2.39. The highest BCUT2D eigenvalue weighted by Gasteiger charge is 2.32. The largest absolute Gasteiger partial charge is 0.475 e. The monoisotopic (exact) mass is 476 g/mol. The molecule has 1 atom stereocenters. The van der Waals surface area contributed by atoms with Gasteiger partial charge in [-0.1, -0.05) is 42.5 Å². The quantitative estimate of drug-likeness (QED) is 0.310. The average molecular weight is 477 g/mol. The lowest BCUT2D eigenvalue weighted by atomic mass is 10.2. The maximum atomic E-state index is 13.6. The maximum Gasteiger partial charge on any atom is 0.348 e. The normalized spacial score (nSPS) is 14.9. The second kappa shape index (κ2) is 9.11. The van der Waals surface area contributed by atoms with Crippen molar-refractivity contribution in [2.75, 3.05) is 18.6 Å². The van der Waals surface area contributed by atoms with E-state index in [-0.39, 0.29) is 19.0 Å². The number of ether oxygens (including phenoxy) is 2. The predicted molar refractivity (Wildman–Crippen MR) is 128 cm³/mol. The van der Waals surface area contributed by atoms with E-state index in [2.05, 4.69) is 0 Å². The van der Waals surface area contributed by atoms with Crippen LogP contribution in [0, 0.1) is 10.6 Å². The molecule has 0 unspecified atom stereocenters. The van der Waals surface area contributed by atoms with E-state index in [1.54, 1.807) is 16.8 Å². The van der Waals surface area contributed by atoms with Crippen LogP contribution in [0.2, 0.25) is 0 Å². The lowest BCUT2D eigenvalue weighted by Crippen LogP contribution is -2.45. The van der Waals surface area contributed by atoms with Gasteiger partial charge in [-0.15, -0.1) is 5.10 Å². The van der Waals surface area contributed by atoms with E-state index in [0.717, 1.165) is 11.3 Å². The Bertz CT molecular complexity index is 1390. The van der Waals surface area contributed by atoms with Crippen LogP contribution < -0.4 is 9.64 Å². The predicted octanol–water partition coefficient (Wildman–Crippen LogP) is 4.61.